The van der Waals surface area contributed by atoms with Gasteiger partial charge in [0.25, 0.3) is 0 Å². The number of nitrogens with two attached hydrogens (primary N) is 1. The Labute approximate surface area is 163 Å². The summed E-state index contributed by atoms with van der Waals surface area (Å²) in [5.41, 5.74) is 1.88. The Morgan fingerprint density at radius 1 is 1.44 bits per heavy atom. The van der Waals surface area contributed by atoms with Crippen molar-refractivity contribution in [1.82, 2.24) is 14.9 Å². The number of fused-ring (bicyclic) bond motifs is 1. The number of aromatic amines is 1. The number of rotatable bonds is 3. The molecule has 3 N–H and O–H groups in total. The monoisotopic (exact) mass is 391 g/mol. The predicted octanol–water partition coefficient (Wildman–Crippen LogP) is 3.92. The standard InChI is InChI=1S/C19H26ClN5O2/c1-19(2,3)27-18(26)25-8-5-12(6-9-25)10-15(24-21)16-13-4-7-22-17(13)23-11-14(16)20/h4,7,11-12H,5-6,8-10,21H2,1-3H3,(H,22,23)/b24-15+. The molecule has 7 nitrogen and oxygen atoms in total. The van der Waals surface area contributed by atoms with Gasteiger partial charge in [0.2, 0.25) is 0 Å². The number of halogens is 1. The molecule has 1 saturated heterocycles. The summed E-state index contributed by atoms with van der Waals surface area (Å²) in [4.78, 5) is 21.3. The minimum Gasteiger partial charge on any atom is -0.444 e. The molecular formula is C19H26ClN5O2. The molecule has 0 spiro atoms. The van der Waals surface area contributed by atoms with Crippen LogP contribution < -0.4 is 5.84 Å². The van der Waals surface area contributed by atoms with Crippen molar-refractivity contribution in [3.8, 4) is 0 Å². The number of amides is 1. The first-order valence-electron chi connectivity index (χ1n) is 9.15. The molecule has 0 radical (unpaired) electrons. The highest BCUT2D eigenvalue weighted by Gasteiger charge is 2.28. The Balaban J connectivity index is 1.66. The zero-order valence-electron chi connectivity index (χ0n) is 16.0. The molecule has 1 fully saturated rings. The van der Waals surface area contributed by atoms with Gasteiger partial charge in [-0.1, -0.05) is 11.6 Å². The fourth-order valence-corrected chi connectivity index (χ4v) is 3.68. The van der Waals surface area contributed by atoms with Crippen LogP contribution in [0.2, 0.25) is 5.02 Å². The third-order valence-electron chi connectivity index (χ3n) is 4.73. The van der Waals surface area contributed by atoms with Crippen LogP contribution in [0.15, 0.2) is 23.6 Å². The number of nitrogens with one attached hydrogen (secondary N) is 1. The average Bonchev–Trinajstić information content (AvgIpc) is 3.08. The number of carbonyl (C=O) groups excluding carboxylic acids is 1. The van der Waals surface area contributed by atoms with Crippen molar-refractivity contribution in [2.24, 2.45) is 16.9 Å². The normalized spacial score (nSPS) is 16.7. The lowest BCUT2D eigenvalue weighted by molar-refractivity contribution is 0.0186. The summed E-state index contributed by atoms with van der Waals surface area (Å²) in [6, 6.07) is 1.93. The summed E-state index contributed by atoms with van der Waals surface area (Å²) in [6.07, 6.45) is 5.65. The second-order valence-corrected chi connectivity index (χ2v) is 8.32. The van der Waals surface area contributed by atoms with Crippen LogP contribution in [0.3, 0.4) is 0 Å². The van der Waals surface area contributed by atoms with Gasteiger partial charge in [-0.25, -0.2) is 9.78 Å². The second-order valence-electron chi connectivity index (χ2n) is 7.91. The smallest absolute Gasteiger partial charge is 0.410 e. The Kier molecular flexibility index (Phi) is 5.60. The molecule has 0 aromatic carbocycles. The number of piperidine rings is 1. The highest BCUT2D eigenvalue weighted by Crippen LogP contribution is 2.29. The molecule has 2 aromatic rings. The van der Waals surface area contributed by atoms with Crippen LogP contribution >= 0.6 is 11.6 Å². The van der Waals surface area contributed by atoms with Crippen molar-refractivity contribution in [3.63, 3.8) is 0 Å². The van der Waals surface area contributed by atoms with Crippen molar-refractivity contribution in [3.05, 3.63) is 29.0 Å². The summed E-state index contributed by atoms with van der Waals surface area (Å²) in [6.45, 7) is 6.97. The molecule has 27 heavy (non-hydrogen) atoms. The van der Waals surface area contributed by atoms with Gasteiger partial charge >= 0.3 is 6.09 Å². The predicted molar refractivity (Wildman–Crippen MR) is 107 cm³/mol. The van der Waals surface area contributed by atoms with Crippen LogP contribution in [-0.4, -0.2) is 45.4 Å². The van der Waals surface area contributed by atoms with Crippen molar-refractivity contribution >= 4 is 34.4 Å². The van der Waals surface area contributed by atoms with E-state index in [1.807, 2.05) is 33.0 Å². The van der Waals surface area contributed by atoms with E-state index in [0.29, 0.717) is 30.5 Å². The van der Waals surface area contributed by atoms with Crippen molar-refractivity contribution in [1.29, 1.82) is 0 Å². The third kappa shape index (κ3) is 4.53. The number of H-pyrrole nitrogens is 1. The maximum atomic E-state index is 12.2. The van der Waals surface area contributed by atoms with Crippen LogP contribution in [-0.2, 0) is 4.74 Å². The fraction of sp³-hybridized carbons (Fsp3) is 0.526. The molecule has 3 heterocycles. The number of carbonyl (C=O) groups is 1. The molecule has 1 aliphatic heterocycles. The maximum Gasteiger partial charge on any atom is 0.410 e. The number of hydrazone groups is 1. The van der Waals surface area contributed by atoms with E-state index in [2.05, 4.69) is 15.1 Å². The largest absolute Gasteiger partial charge is 0.444 e. The minimum atomic E-state index is -0.479. The van der Waals surface area contributed by atoms with Crippen molar-refractivity contribution < 1.29 is 9.53 Å². The molecule has 0 bridgehead atoms. The average molecular weight is 392 g/mol. The number of hydrogen-bond donors (Lipinski definition) is 2. The van der Waals surface area contributed by atoms with Crippen LogP contribution in [0.1, 0.15) is 45.6 Å². The van der Waals surface area contributed by atoms with Gasteiger partial charge in [0.15, 0.2) is 0 Å². The lowest BCUT2D eigenvalue weighted by Crippen LogP contribution is -2.42. The van der Waals surface area contributed by atoms with E-state index in [1.165, 1.54) is 0 Å². The van der Waals surface area contributed by atoms with Crippen LogP contribution in [0, 0.1) is 5.92 Å². The van der Waals surface area contributed by atoms with E-state index < -0.39 is 5.60 Å². The van der Waals surface area contributed by atoms with Crippen molar-refractivity contribution in [2.45, 2.75) is 45.6 Å². The molecule has 0 atom stereocenters. The first-order valence-corrected chi connectivity index (χ1v) is 9.53. The van der Waals surface area contributed by atoms with Crippen LogP contribution in [0.25, 0.3) is 11.0 Å². The van der Waals surface area contributed by atoms with E-state index in [0.717, 1.165) is 35.2 Å². The number of nitrogens with zero attached hydrogens (tertiary/aromatic N) is 3. The van der Waals surface area contributed by atoms with Gasteiger partial charge in [0.05, 0.1) is 10.7 Å². The summed E-state index contributed by atoms with van der Waals surface area (Å²) in [7, 11) is 0. The number of pyridine rings is 1. The molecule has 8 heteroatoms. The quantitative estimate of drug-likeness (QED) is 0.470. The highest BCUT2D eigenvalue weighted by atomic mass is 35.5. The Morgan fingerprint density at radius 3 is 2.78 bits per heavy atom. The molecule has 0 aliphatic carbocycles. The molecule has 3 rings (SSSR count). The zero-order valence-corrected chi connectivity index (χ0v) is 16.7. The van der Waals surface area contributed by atoms with Gasteiger partial charge in [-0.3, -0.25) is 0 Å². The van der Waals surface area contributed by atoms with Crippen molar-refractivity contribution in [2.75, 3.05) is 13.1 Å². The Bertz CT molecular complexity index is 847. The van der Waals surface area contributed by atoms with E-state index in [1.54, 1.807) is 11.1 Å². The topological polar surface area (TPSA) is 96.6 Å². The summed E-state index contributed by atoms with van der Waals surface area (Å²) >= 11 is 6.40. The van der Waals surface area contributed by atoms with Crippen LogP contribution in [0.5, 0.6) is 0 Å². The Hall–Kier alpha value is -2.28. The first kappa shape index (κ1) is 19.5. The second kappa shape index (κ2) is 7.76. The van der Waals surface area contributed by atoms with E-state index in [9.17, 15) is 4.79 Å². The summed E-state index contributed by atoms with van der Waals surface area (Å²) in [5, 5.41) is 5.48. The minimum absolute atomic E-state index is 0.250. The molecule has 0 saturated carbocycles. The number of likely N-dealkylation sites (tertiary alicyclic amines) is 1. The lowest BCUT2D eigenvalue weighted by Gasteiger charge is -2.33. The van der Waals surface area contributed by atoms with Gasteiger partial charge in [0.1, 0.15) is 11.2 Å². The SMILES string of the molecule is CC(C)(C)OC(=O)N1CCC(C/C(=N\N)c2c(Cl)cnc3[nH]ccc23)CC1. The molecule has 2 aromatic heterocycles. The fourth-order valence-electron chi connectivity index (χ4n) is 3.42. The number of hydrogen-bond acceptors (Lipinski definition) is 5. The van der Waals surface area contributed by atoms with Gasteiger partial charge in [0, 0.05) is 36.4 Å². The summed E-state index contributed by atoms with van der Waals surface area (Å²) in [5.74, 6) is 6.09. The first-order chi connectivity index (χ1) is 12.8. The van der Waals surface area contributed by atoms with Gasteiger partial charge in [-0.15, -0.1) is 0 Å². The number of ether oxygens (including phenoxy) is 1. The van der Waals surface area contributed by atoms with Crippen LogP contribution in [0.4, 0.5) is 4.79 Å². The zero-order chi connectivity index (χ0) is 19.6. The lowest BCUT2D eigenvalue weighted by atomic mass is 9.89. The van der Waals surface area contributed by atoms with E-state index in [4.69, 9.17) is 22.2 Å². The van der Waals surface area contributed by atoms with Gasteiger partial charge < -0.3 is 20.5 Å². The van der Waals surface area contributed by atoms with Gasteiger partial charge in [-0.2, -0.15) is 5.10 Å². The van der Waals surface area contributed by atoms with E-state index >= 15 is 0 Å². The summed E-state index contributed by atoms with van der Waals surface area (Å²) < 4.78 is 5.45. The molecule has 146 valence electrons. The number of aromatic nitrogens is 2. The molecule has 0 unspecified atom stereocenters. The highest BCUT2D eigenvalue weighted by molar-refractivity contribution is 6.35. The van der Waals surface area contributed by atoms with Gasteiger partial charge in [-0.05, 0) is 52.0 Å². The maximum absolute atomic E-state index is 12.2. The molecule has 1 amide bonds. The van der Waals surface area contributed by atoms with E-state index in [-0.39, 0.29) is 6.09 Å². The molecular weight excluding hydrogens is 366 g/mol. The molecule has 1 aliphatic rings. The third-order valence-corrected chi connectivity index (χ3v) is 5.02. The Morgan fingerprint density at radius 2 is 2.15 bits per heavy atom.